The Balaban J connectivity index is 1.74. The first-order valence-corrected chi connectivity index (χ1v) is 6.83. The molecule has 2 aromatic rings. The lowest BCUT2D eigenvalue weighted by atomic mass is 10.1. The quantitative estimate of drug-likeness (QED) is 0.895. The van der Waals surface area contributed by atoms with Crippen LogP contribution in [0.5, 0.6) is 0 Å². The van der Waals surface area contributed by atoms with Gasteiger partial charge in [0.25, 0.3) is 0 Å². The van der Waals surface area contributed by atoms with E-state index in [-0.39, 0.29) is 10.9 Å². The van der Waals surface area contributed by atoms with E-state index < -0.39 is 5.82 Å². The molecule has 2 heterocycles. The van der Waals surface area contributed by atoms with Gasteiger partial charge in [0, 0.05) is 36.8 Å². The second kappa shape index (κ2) is 5.73. The molecule has 1 aliphatic rings. The molecule has 4 nitrogen and oxygen atoms in total. The summed E-state index contributed by atoms with van der Waals surface area (Å²) in [5.74, 6) is 0.129. The monoisotopic (exact) mass is 276 g/mol. The van der Waals surface area contributed by atoms with E-state index in [9.17, 15) is 9.18 Å². The Morgan fingerprint density at radius 1 is 1.45 bits per heavy atom. The fourth-order valence-corrected chi connectivity index (χ4v) is 2.54. The van der Waals surface area contributed by atoms with E-state index in [1.54, 1.807) is 12.1 Å². The summed E-state index contributed by atoms with van der Waals surface area (Å²) in [5, 5.41) is 3.67. The topological polar surface area (TPSA) is 54.1 Å². The summed E-state index contributed by atoms with van der Waals surface area (Å²) >= 11 is 0. The van der Waals surface area contributed by atoms with Crippen LogP contribution < -0.4 is 10.7 Å². The summed E-state index contributed by atoms with van der Waals surface area (Å²) in [7, 11) is 0. The SMILES string of the molecule is O=c1cc(CNC[C@H]2CCOC2)[nH]c2c(F)cccc12. The predicted octanol–water partition coefficient (Wildman–Crippen LogP) is 1.79. The van der Waals surface area contributed by atoms with Crippen LogP contribution in [-0.4, -0.2) is 24.7 Å². The summed E-state index contributed by atoms with van der Waals surface area (Å²) in [5.41, 5.74) is 0.826. The van der Waals surface area contributed by atoms with Gasteiger partial charge in [-0.15, -0.1) is 0 Å². The van der Waals surface area contributed by atoms with Crippen LogP contribution in [0.15, 0.2) is 29.1 Å². The van der Waals surface area contributed by atoms with Gasteiger partial charge in [0.05, 0.1) is 12.1 Å². The first-order chi connectivity index (χ1) is 9.74. The zero-order valence-corrected chi connectivity index (χ0v) is 11.1. The van der Waals surface area contributed by atoms with Crippen molar-refractivity contribution < 1.29 is 9.13 Å². The minimum absolute atomic E-state index is 0.153. The van der Waals surface area contributed by atoms with Crippen molar-refractivity contribution in [3.05, 3.63) is 46.0 Å². The average molecular weight is 276 g/mol. The molecule has 1 aromatic heterocycles. The Morgan fingerprint density at radius 3 is 3.15 bits per heavy atom. The Labute approximate surface area is 116 Å². The van der Waals surface area contributed by atoms with Gasteiger partial charge in [-0.25, -0.2) is 4.39 Å². The second-order valence-electron chi connectivity index (χ2n) is 5.18. The van der Waals surface area contributed by atoms with Crippen LogP contribution in [0, 0.1) is 11.7 Å². The molecule has 5 heteroatoms. The van der Waals surface area contributed by atoms with Crippen LogP contribution in [0.25, 0.3) is 10.9 Å². The highest BCUT2D eigenvalue weighted by Crippen LogP contribution is 2.13. The third-order valence-electron chi connectivity index (χ3n) is 3.64. The smallest absolute Gasteiger partial charge is 0.189 e. The number of aromatic nitrogens is 1. The highest BCUT2D eigenvalue weighted by atomic mass is 19.1. The maximum absolute atomic E-state index is 13.7. The predicted molar refractivity (Wildman–Crippen MR) is 75.2 cm³/mol. The van der Waals surface area contributed by atoms with Gasteiger partial charge in [0.1, 0.15) is 5.82 Å². The van der Waals surface area contributed by atoms with E-state index in [1.165, 1.54) is 12.1 Å². The molecule has 0 amide bonds. The molecule has 1 fully saturated rings. The van der Waals surface area contributed by atoms with E-state index in [4.69, 9.17) is 4.74 Å². The van der Waals surface area contributed by atoms with Crippen LogP contribution >= 0.6 is 0 Å². The first-order valence-electron chi connectivity index (χ1n) is 6.83. The number of para-hydroxylation sites is 1. The number of pyridine rings is 1. The number of nitrogens with one attached hydrogen (secondary N) is 2. The second-order valence-corrected chi connectivity index (χ2v) is 5.18. The van der Waals surface area contributed by atoms with E-state index in [2.05, 4.69) is 10.3 Å². The maximum atomic E-state index is 13.7. The van der Waals surface area contributed by atoms with Gasteiger partial charge >= 0.3 is 0 Å². The minimum atomic E-state index is -0.398. The van der Waals surface area contributed by atoms with Crippen molar-refractivity contribution >= 4 is 10.9 Å². The van der Waals surface area contributed by atoms with Crippen molar-refractivity contribution in [2.45, 2.75) is 13.0 Å². The van der Waals surface area contributed by atoms with Gasteiger partial charge in [-0.3, -0.25) is 4.79 Å². The molecule has 0 spiro atoms. The fourth-order valence-electron chi connectivity index (χ4n) is 2.54. The molecular formula is C15H17FN2O2. The molecule has 1 atom stereocenters. The van der Waals surface area contributed by atoms with Crippen LogP contribution in [0.2, 0.25) is 0 Å². The number of benzene rings is 1. The fraction of sp³-hybridized carbons (Fsp3) is 0.400. The van der Waals surface area contributed by atoms with Crippen molar-refractivity contribution in [1.29, 1.82) is 0 Å². The normalized spacial score (nSPS) is 18.8. The van der Waals surface area contributed by atoms with Gasteiger partial charge in [0.2, 0.25) is 0 Å². The molecule has 1 aliphatic heterocycles. The number of fused-ring (bicyclic) bond motifs is 1. The summed E-state index contributed by atoms with van der Waals surface area (Å²) in [6.07, 6.45) is 1.07. The number of rotatable bonds is 4. The van der Waals surface area contributed by atoms with Crippen molar-refractivity contribution in [1.82, 2.24) is 10.3 Å². The number of ether oxygens (including phenoxy) is 1. The molecule has 0 unspecified atom stereocenters. The lowest BCUT2D eigenvalue weighted by Gasteiger charge is -2.10. The van der Waals surface area contributed by atoms with Crippen molar-refractivity contribution in [2.75, 3.05) is 19.8 Å². The lowest BCUT2D eigenvalue weighted by Crippen LogP contribution is -2.23. The van der Waals surface area contributed by atoms with Crippen LogP contribution in [-0.2, 0) is 11.3 Å². The van der Waals surface area contributed by atoms with Gasteiger partial charge < -0.3 is 15.0 Å². The molecule has 3 rings (SSSR count). The molecule has 0 bridgehead atoms. The summed E-state index contributed by atoms with van der Waals surface area (Å²) in [4.78, 5) is 14.9. The lowest BCUT2D eigenvalue weighted by molar-refractivity contribution is 0.185. The maximum Gasteiger partial charge on any atom is 0.189 e. The highest BCUT2D eigenvalue weighted by molar-refractivity contribution is 5.78. The van der Waals surface area contributed by atoms with Gasteiger partial charge in [-0.05, 0) is 24.5 Å². The van der Waals surface area contributed by atoms with E-state index in [0.29, 0.717) is 23.5 Å². The summed E-state index contributed by atoms with van der Waals surface area (Å²) in [6, 6.07) is 6.06. The zero-order valence-electron chi connectivity index (χ0n) is 11.1. The third-order valence-corrected chi connectivity index (χ3v) is 3.64. The number of hydrogen-bond acceptors (Lipinski definition) is 3. The van der Waals surface area contributed by atoms with Crippen molar-refractivity contribution in [3.63, 3.8) is 0 Å². The Morgan fingerprint density at radius 2 is 2.35 bits per heavy atom. The summed E-state index contributed by atoms with van der Waals surface area (Å²) in [6.45, 7) is 2.98. The average Bonchev–Trinajstić information content (AvgIpc) is 2.93. The molecule has 2 N–H and O–H groups in total. The van der Waals surface area contributed by atoms with Gasteiger partial charge in [-0.2, -0.15) is 0 Å². The minimum Gasteiger partial charge on any atom is -0.381 e. The number of halogens is 1. The standard InChI is InChI=1S/C15H17FN2O2/c16-13-3-1-2-12-14(19)6-11(18-15(12)13)8-17-7-10-4-5-20-9-10/h1-3,6,10,17H,4-5,7-9H2,(H,18,19)/t10-/m1/s1. The van der Waals surface area contributed by atoms with Crippen molar-refractivity contribution in [3.8, 4) is 0 Å². The van der Waals surface area contributed by atoms with E-state index in [0.717, 1.165) is 26.2 Å². The van der Waals surface area contributed by atoms with E-state index >= 15 is 0 Å². The number of H-pyrrole nitrogens is 1. The van der Waals surface area contributed by atoms with Crippen molar-refractivity contribution in [2.24, 2.45) is 5.92 Å². The Kier molecular flexibility index (Phi) is 3.80. The molecular weight excluding hydrogens is 259 g/mol. The molecule has 0 radical (unpaired) electrons. The van der Waals surface area contributed by atoms with Gasteiger partial charge in [0.15, 0.2) is 5.43 Å². The van der Waals surface area contributed by atoms with Crippen LogP contribution in [0.1, 0.15) is 12.1 Å². The van der Waals surface area contributed by atoms with Gasteiger partial charge in [-0.1, -0.05) is 6.07 Å². The van der Waals surface area contributed by atoms with E-state index in [1.807, 2.05) is 0 Å². The van der Waals surface area contributed by atoms with Crippen LogP contribution in [0.4, 0.5) is 4.39 Å². The largest absolute Gasteiger partial charge is 0.381 e. The Hall–Kier alpha value is -1.72. The molecule has 1 aromatic carbocycles. The first kappa shape index (κ1) is 13.3. The zero-order chi connectivity index (χ0) is 13.9. The molecule has 106 valence electrons. The Bertz CT molecular complexity index is 662. The molecule has 0 aliphatic carbocycles. The highest BCUT2D eigenvalue weighted by Gasteiger charge is 2.14. The molecule has 0 saturated carbocycles. The molecule has 20 heavy (non-hydrogen) atoms. The number of aromatic amines is 1. The summed E-state index contributed by atoms with van der Waals surface area (Å²) < 4.78 is 19.0. The number of hydrogen-bond donors (Lipinski definition) is 2. The van der Waals surface area contributed by atoms with Crippen LogP contribution in [0.3, 0.4) is 0 Å². The molecule has 1 saturated heterocycles. The third kappa shape index (κ3) is 2.73.